The average molecular weight is 335 g/mol. The molecule has 0 spiro atoms. The van der Waals surface area contributed by atoms with Crippen molar-refractivity contribution in [2.45, 2.75) is 17.9 Å². The Morgan fingerprint density at radius 3 is 2.89 bits per heavy atom. The van der Waals surface area contributed by atoms with Gasteiger partial charge in [0, 0.05) is 21.7 Å². The SMILES string of the molecule is CCOCC(O)CSc1cc(Br)ccc1C(=O)O. The number of hydrogen-bond acceptors (Lipinski definition) is 4. The number of carbonyl (C=O) groups is 1. The maximum absolute atomic E-state index is 11.0. The maximum Gasteiger partial charge on any atom is 0.336 e. The van der Waals surface area contributed by atoms with Gasteiger partial charge in [0.15, 0.2) is 0 Å². The van der Waals surface area contributed by atoms with Gasteiger partial charge in [0.1, 0.15) is 0 Å². The third kappa shape index (κ3) is 4.97. The highest BCUT2D eigenvalue weighted by Gasteiger charge is 2.13. The van der Waals surface area contributed by atoms with Crippen LogP contribution in [0.1, 0.15) is 17.3 Å². The lowest BCUT2D eigenvalue weighted by molar-refractivity contribution is 0.0551. The highest BCUT2D eigenvalue weighted by Crippen LogP contribution is 2.27. The van der Waals surface area contributed by atoms with E-state index >= 15 is 0 Å². The average Bonchev–Trinajstić information content (AvgIpc) is 2.33. The minimum Gasteiger partial charge on any atom is -0.478 e. The summed E-state index contributed by atoms with van der Waals surface area (Å²) in [6.07, 6.45) is -0.601. The van der Waals surface area contributed by atoms with E-state index in [9.17, 15) is 9.90 Å². The van der Waals surface area contributed by atoms with Gasteiger partial charge in [-0.25, -0.2) is 4.79 Å². The van der Waals surface area contributed by atoms with Crippen molar-refractivity contribution >= 4 is 33.7 Å². The van der Waals surface area contributed by atoms with Gasteiger partial charge >= 0.3 is 5.97 Å². The molecule has 0 saturated heterocycles. The standard InChI is InChI=1S/C12H15BrO4S/c1-2-17-6-9(14)7-18-11-5-8(13)3-4-10(11)12(15)16/h3-5,9,14H,2,6-7H2,1H3,(H,15,16). The van der Waals surface area contributed by atoms with Crippen molar-refractivity contribution in [3.05, 3.63) is 28.2 Å². The summed E-state index contributed by atoms with van der Waals surface area (Å²) in [5.74, 6) is -0.569. The van der Waals surface area contributed by atoms with Gasteiger partial charge in [0.05, 0.1) is 18.3 Å². The molecule has 0 fully saturated rings. The number of halogens is 1. The second-order valence-corrected chi connectivity index (χ2v) is 5.55. The molecule has 0 aliphatic rings. The van der Waals surface area contributed by atoms with Gasteiger partial charge in [-0.3, -0.25) is 0 Å². The lowest BCUT2D eigenvalue weighted by Gasteiger charge is -2.11. The van der Waals surface area contributed by atoms with Crippen molar-refractivity contribution < 1.29 is 19.7 Å². The molecule has 0 heterocycles. The largest absolute Gasteiger partial charge is 0.478 e. The van der Waals surface area contributed by atoms with Gasteiger partial charge in [-0.05, 0) is 25.1 Å². The fraction of sp³-hybridized carbons (Fsp3) is 0.417. The lowest BCUT2D eigenvalue weighted by atomic mass is 10.2. The molecule has 100 valence electrons. The Morgan fingerprint density at radius 2 is 2.28 bits per heavy atom. The van der Waals surface area contributed by atoms with Crippen LogP contribution < -0.4 is 0 Å². The topological polar surface area (TPSA) is 66.8 Å². The first-order chi connectivity index (χ1) is 8.54. The molecular formula is C12H15BrO4S. The van der Waals surface area contributed by atoms with Crippen LogP contribution in [-0.4, -0.2) is 41.3 Å². The van der Waals surface area contributed by atoms with Crippen LogP contribution in [0, 0.1) is 0 Å². The Labute approximate surface area is 118 Å². The fourth-order valence-electron chi connectivity index (χ4n) is 1.28. The predicted molar refractivity (Wildman–Crippen MR) is 74.3 cm³/mol. The number of ether oxygens (including phenoxy) is 1. The van der Waals surface area contributed by atoms with Gasteiger partial charge in [0.2, 0.25) is 0 Å². The number of hydrogen-bond donors (Lipinski definition) is 2. The van der Waals surface area contributed by atoms with Crippen LogP contribution in [0.25, 0.3) is 0 Å². The van der Waals surface area contributed by atoms with Crippen LogP contribution in [0.3, 0.4) is 0 Å². The molecule has 6 heteroatoms. The van der Waals surface area contributed by atoms with E-state index in [2.05, 4.69) is 15.9 Å². The summed E-state index contributed by atoms with van der Waals surface area (Å²) in [4.78, 5) is 11.7. The van der Waals surface area contributed by atoms with Crippen molar-refractivity contribution in [3.8, 4) is 0 Å². The Hall–Kier alpha value is -0.560. The number of aliphatic hydroxyl groups excluding tert-OH is 1. The molecule has 0 aliphatic carbocycles. The van der Waals surface area contributed by atoms with Gasteiger partial charge in [-0.15, -0.1) is 11.8 Å². The van der Waals surface area contributed by atoms with Gasteiger partial charge in [0.25, 0.3) is 0 Å². The normalized spacial score (nSPS) is 12.4. The lowest BCUT2D eigenvalue weighted by Crippen LogP contribution is -2.18. The molecule has 0 aromatic heterocycles. The number of aliphatic hydroxyl groups is 1. The van der Waals surface area contributed by atoms with Crippen molar-refractivity contribution in [2.75, 3.05) is 19.0 Å². The van der Waals surface area contributed by atoms with E-state index in [4.69, 9.17) is 9.84 Å². The number of rotatable bonds is 7. The summed E-state index contributed by atoms with van der Waals surface area (Å²) in [6, 6.07) is 4.97. The van der Waals surface area contributed by atoms with E-state index < -0.39 is 12.1 Å². The third-order valence-electron chi connectivity index (χ3n) is 2.12. The molecule has 0 amide bonds. The first-order valence-electron chi connectivity index (χ1n) is 5.46. The summed E-state index contributed by atoms with van der Waals surface area (Å²) in [6.45, 7) is 2.68. The van der Waals surface area contributed by atoms with Crippen molar-refractivity contribution in [2.24, 2.45) is 0 Å². The summed E-state index contributed by atoms with van der Waals surface area (Å²) in [5, 5.41) is 18.7. The molecule has 0 aliphatic heterocycles. The minimum atomic E-state index is -0.968. The molecular weight excluding hydrogens is 320 g/mol. The van der Waals surface area contributed by atoms with E-state index in [-0.39, 0.29) is 12.2 Å². The summed E-state index contributed by atoms with van der Waals surface area (Å²) >= 11 is 4.61. The second kappa shape index (κ2) is 7.78. The second-order valence-electron chi connectivity index (χ2n) is 3.57. The molecule has 1 aromatic carbocycles. The zero-order valence-electron chi connectivity index (χ0n) is 9.93. The quantitative estimate of drug-likeness (QED) is 0.750. The van der Waals surface area contributed by atoms with Crippen LogP contribution in [0.5, 0.6) is 0 Å². The molecule has 18 heavy (non-hydrogen) atoms. The smallest absolute Gasteiger partial charge is 0.336 e. The van der Waals surface area contributed by atoms with E-state index in [1.54, 1.807) is 18.2 Å². The highest BCUT2D eigenvalue weighted by atomic mass is 79.9. The zero-order chi connectivity index (χ0) is 13.5. The molecule has 1 unspecified atom stereocenters. The van der Waals surface area contributed by atoms with Crippen molar-refractivity contribution in [3.63, 3.8) is 0 Å². The predicted octanol–water partition coefficient (Wildman–Crippen LogP) is 2.64. The number of benzene rings is 1. The summed E-state index contributed by atoms with van der Waals surface area (Å²) in [7, 11) is 0. The molecule has 0 bridgehead atoms. The van der Waals surface area contributed by atoms with E-state index in [0.717, 1.165) is 4.47 Å². The molecule has 0 saturated carbocycles. The highest BCUT2D eigenvalue weighted by molar-refractivity contribution is 9.10. The molecule has 2 N–H and O–H groups in total. The molecule has 4 nitrogen and oxygen atoms in total. The van der Waals surface area contributed by atoms with E-state index in [1.165, 1.54) is 11.8 Å². The van der Waals surface area contributed by atoms with Crippen molar-refractivity contribution in [1.29, 1.82) is 0 Å². The zero-order valence-corrected chi connectivity index (χ0v) is 12.3. The first-order valence-corrected chi connectivity index (χ1v) is 7.24. The molecule has 1 atom stereocenters. The number of carboxylic acids is 1. The van der Waals surface area contributed by atoms with Gasteiger partial charge in [-0.2, -0.15) is 0 Å². The monoisotopic (exact) mass is 334 g/mol. The Kier molecular flexibility index (Phi) is 6.70. The molecule has 1 rings (SSSR count). The molecule has 1 aromatic rings. The maximum atomic E-state index is 11.0. The van der Waals surface area contributed by atoms with Gasteiger partial charge in [-0.1, -0.05) is 15.9 Å². The number of aromatic carboxylic acids is 1. The first kappa shape index (κ1) is 15.5. The third-order valence-corrected chi connectivity index (χ3v) is 3.81. The van der Waals surface area contributed by atoms with E-state index in [0.29, 0.717) is 17.3 Å². The Balaban J connectivity index is 2.65. The number of thioether (sulfide) groups is 1. The van der Waals surface area contributed by atoms with Crippen LogP contribution in [0.4, 0.5) is 0 Å². The minimum absolute atomic E-state index is 0.242. The van der Waals surface area contributed by atoms with Crippen LogP contribution in [-0.2, 0) is 4.74 Å². The fourth-order valence-corrected chi connectivity index (χ4v) is 2.78. The van der Waals surface area contributed by atoms with Crippen LogP contribution >= 0.6 is 27.7 Å². The Bertz CT molecular complexity index is 411. The molecule has 0 radical (unpaired) electrons. The van der Waals surface area contributed by atoms with Crippen molar-refractivity contribution in [1.82, 2.24) is 0 Å². The Morgan fingerprint density at radius 1 is 1.56 bits per heavy atom. The summed E-state index contributed by atoms with van der Waals surface area (Å²) in [5.41, 5.74) is 0.242. The summed E-state index contributed by atoms with van der Waals surface area (Å²) < 4.78 is 5.91. The van der Waals surface area contributed by atoms with E-state index in [1.807, 2.05) is 6.92 Å². The van der Waals surface area contributed by atoms with Crippen LogP contribution in [0.15, 0.2) is 27.6 Å². The van der Waals surface area contributed by atoms with Gasteiger partial charge < -0.3 is 14.9 Å². The van der Waals surface area contributed by atoms with Crippen LogP contribution in [0.2, 0.25) is 0 Å². The number of carboxylic acid groups (broad SMARTS) is 1.